The van der Waals surface area contributed by atoms with E-state index in [1.807, 2.05) is 0 Å². The fourth-order valence-corrected chi connectivity index (χ4v) is 1.37. The van der Waals surface area contributed by atoms with Crippen molar-refractivity contribution < 1.29 is 5.11 Å². The summed E-state index contributed by atoms with van der Waals surface area (Å²) in [6, 6.07) is 0. The van der Waals surface area contributed by atoms with E-state index in [9.17, 15) is 5.11 Å². The molecule has 0 aliphatic rings. The van der Waals surface area contributed by atoms with Gasteiger partial charge in [-0.3, -0.25) is 0 Å². The van der Waals surface area contributed by atoms with Gasteiger partial charge in [0.25, 0.3) is 0 Å². The molecule has 1 atom stereocenters. The summed E-state index contributed by atoms with van der Waals surface area (Å²) in [7, 11) is 0. The number of unbranched alkanes of at least 4 members (excludes halogenated alkanes) is 1. The van der Waals surface area contributed by atoms with Crippen molar-refractivity contribution in [3.8, 4) is 0 Å². The standard InChI is InChI=1S/C12H22O/c1-4-7-9-11(6-3)10-12(13)8-5-2/h12-13H,3-5,7-10H2,1-2H3. The van der Waals surface area contributed by atoms with E-state index in [1.165, 1.54) is 18.4 Å². The van der Waals surface area contributed by atoms with Crippen molar-refractivity contribution in [3.05, 3.63) is 17.9 Å². The second kappa shape index (κ2) is 8.10. The average molecular weight is 182 g/mol. The van der Waals surface area contributed by atoms with Crippen LogP contribution in [0.5, 0.6) is 0 Å². The predicted octanol–water partition coefficient (Wildman–Crippen LogP) is 3.44. The number of hydrogen-bond donors (Lipinski definition) is 1. The van der Waals surface area contributed by atoms with Gasteiger partial charge in [-0.2, -0.15) is 0 Å². The molecule has 0 aromatic carbocycles. The number of rotatable bonds is 7. The normalized spacial score (nSPS) is 12.2. The topological polar surface area (TPSA) is 20.2 Å². The minimum atomic E-state index is -0.189. The van der Waals surface area contributed by atoms with Crippen molar-refractivity contribution in [2.75, 3.05) is 0 Å². The van der Waals surface area contributed by atoms with Crippen molar-refractivity contribution in [1.29, 1.82) is 0 Å². The Kier molecular flexibility index (Phi) is 7.77. The molecule has 0 amide bonds. The maximum Gasteiger partial charge on any atom is 0.0583 e. The lowest BCUT2D eigenvalue weighted by Crippen LogP contribution is -2.06. The molecule has 76 valence electrons. The molecule has 13 heavy (non-hydrogen) atoms. The number of aliphatic hydroxyl groups is 1. The first-order chi connectivity index (χ1) is 6.24. The zero-order chi connectivity index (χ0) is 10.1. The molecule has 0 aliphatic carbocycles. The summed E-state index contributed by atoms with van der Waals surface area (Å²) in [4.78, 5) is 0. The maximum absolute atomic E-state index is 9.56. The fraction of sp³-hybridized carbons (Fsp3) is 0.750. The highest BCUT2D eigenvalue weighted by atomic mass is 16.3. The summed E-state index contributed by atoms with van der Waals surface area (Å²) in [5.74, 6) is 0. The minimum Gasteiger partial charge on any atom is -0.393 e. The zero-order valence-electron chi connectivity index (χ0n) is 8.97. The average Bonchev–Trinajstić information content (AvgIpc) is 2.12. The largest absolute Gasteiger partial charge is 0.393 e. The van der Waals surface area contributed by atoms with Gasteiger partial charge in [-0.25, -0.2) is 0 Å². The molecule has 1 unspecified atom stereocenters. The monoisotopic (exact) mass is 182 g/mol. The van der Waals surface area contributed by atoms with Crippen molar-refractivity contribution >= 4 is 0 Å². The van der Waals surface area contributed by atoms with E-state index < -0.39 is 0 Å². The summed E-state index contributed by atoms with van der Waals surface area (Å²) in [6.07, 6.45) is 5.91. The summed E-state index contributed by atoms with van der Waals surface area (Å²) < 4.78 is 0. The first-order valence-electron chi connectivity index (χ1n) is 5.30. The highest BCUT2D eigenvalue weighted by molar-refractivity contribution is 5.00. The molecule has 0 fully saturated rings. The van der Waals surface area contributed by atoms with Gasteiger partial charge in [0.15, 0.2) is 0 Å². The Labute approximate surface area is 82.2 Å². The van der Waals surface area contributed by atoms with Crippen LogP contribution in [0.3, 0.4) is 0 Å². The molecule has 1 N–H and O–H groups in total. The molecule has 0 aliphatic heterocycles. The summed E-state index contributed by atoms with van der Waals surface area (Å²) in [5.41, 5.74) is 4.12. The molecular formula is C12H22O. The van der Waals surface area contributed by atoms with Crippen LogP contribution >= 0.6 is 0 Å². The second-order valence-electron chi connectivity index (χ2n) is 3.53. The lowest BCUT2D eigenvalue weighted by atomic mass is 10.0. The second-order valence-corrected chi connectivity index (χ2v) is 3.53. The molecular weight excluding hydrogens is 160 g/mol. The highest BCUT2D eigenvalue weighted by Crippen LogP contribution is 2.14. The van der Waals surface area contributed by atoms with Gasteiger partial charge in [-0.05, 0) is 24.8 Å². The van der Waals surface area contributed by atoms with Gasteiger partial charge in [-0.15, -0.1) is 5.73 Å². The van der Waals surface area contributed by atoms with Gasteiger partial charge in [0.1, 0.15) is 0 Å². The van der Waals surface area contributed by atoms with E-state index in [0.717, 1.165) is 25.7 Å². The van der Waals surface area contributed by atoms with Gasteiger partial charge >= 0.3 is 0 Å². The summed E-state index contributed by atoms with van der Waals surface area (Å²) in [5, 5.41) is 9.56. The third-order valence-corrected chi connectivity index (χ3v) is 2.19. The Morgan fingerprint density at radius 1 is 1.38 bits per heavy atom. The lowest BCUT2D eigenvalue weighted by Gasteiger charge is -2.10. The molecule has 0 saturated carbocycles. The van der Waals surface area contributed by atoms with Crippen LogP contribution in [0.2, 0.25) is 0 Å². The van der Waals surface area contributed by atoms with E-state index in [0.29, 0.717) is 0 Å². The maximum atomic E-state index is 9.56. The van der Waals surface area contributed by atoms with E-state index in [1.54, 1.807) is 0 Å². The van der Waals surface area contributed by atoms with Crippen LogP contribution in [-0.2, 0) is 0 Å². The Bertz CT molecular complexity index is 166. The van der Waals surface area contributed by atoms with Crippen LogP contribution in [0.1, 0.15) is 52.4 Å². The third-order valence-electron chi connectivity index (χ3n) is 2.19. The smallest absolute Gasteiger partial charge is 0.0583 e. The highest BCUT2D eigenvalue weighted by Gasteiger charge is 2.05. The molecule has 1 nitrogen and oxygen atoms in total. The molecule has 0 bridgehead atoms. The zero-order valence-corrected chi connectivity index (χ0v) is 8.97. The van der Waals surface area contributed by atoms with Crippen LogP contribution in [0.25, 0.3) is 0 Å². The molecule has 0 spiro atoms. The SMILES string of the molecule is C=C=C(CCCC)CC(O)CCC. The fourth-order valence-electron chi connectivity index (χ4n) is 1.37. The van der Waals surface area contributed by atoms with E-state index in [-0.39, 0.29) is 6.10 Å². The van der Waals surface area contributed by atoms with Gasteiger partial charge in [-0.1, -0.05) is 33.3 Å². The molecule has 0 radical (unpaired) electrons. The van der Waals surface area contributed by atoms with E-state index in [2.05, 4.69) is 26.2 Å². The molecule has 0 aromatic heterocycles. The molecule has 0 saturated heterocycles. The Morgan fingerprint density at radius 2 is 2.08 bits per heavy atom. The van der Waals surface area contributed by atoms with Gasteiger partial charge in [0.05, 0.1) is 6.10 Å². The van der Waals surface area contributed by atoms with Crippen LogP contribution in [-0.4, -0.2) is 11.2 Å². The Balaban J connectivity index is 3.78. The first kappa shape index (κ1) is 12.5. The molecule has 1 heteroatoms. The first-order valence-corrected chi connectivity index (χ1v) is 5.30. The van der Waals surface area contributed by atoms with Gasteiger partial charge in [0, 0.05) is 6.42 Å². The Hall–Kier alpha value is -0.520. The van der Waals surface area contributed by atoms with Crippen LogP contribution in [0.4, 0.5) is 0 Å². The molecule has 0 heterocycles. The van der Waals surface area contributed by atoms with Crippen molar-refractivity contribution in [2.24, 2.45) is 0 Å². The molecule has 0 aromatic rings. The predicted molar refractivity (Wildman–Crippen MR) is 57.7 cm³/mol. The van der Waals surface area contributed by atoms with E-state index >= 15 is 0 Å². The van der Waals surface area contributed by atoms with Gasteiger partial charge in [0.2, 0.25) is 0 Å². The van der Waals surface area contributed by atoms with Gasteiger partial charge < -0.3 is 5.11 Å². The van der Waals surface area contributed by atoms with Crippen LogP contribution < -0.4 is 0 Å². The number of aliphatic hydroxyl groups excluding tert-OH is 1. The van der Waals surface area contributed by atoms with E-state index in [4.69, 9.17) is 0 Å². The number of hydrogen-bond acceptors (Lipinski definition) is 1. The van der Waals surface area contributed by atoms with Crippen LogP contribution in [0.15, 0.2) is 17.9 Å². The summed E-state index contributed by atoms with van der Waals surface area (Å²) in [6.45, 7) is 7.91. The third kappa shape index (κ3) is 6.62. The summed E-state index contributed by atoms with van der Waals surface area (Å²) >= 11 is 0. The molecule has 0 rings (SSSR count). The minimum absolute atomic E-state index is 0.189. The quantitative estimate of drug-likeness (QED) is 0.598. The Morgan fingerprint density at radius 3 is 2.54 bits per heavy atom. The van der Waals surface area contributed by atoms with Crippen molar-refractivity contribution in [3.63, 3.8) is 0 Å². The van der Waals surface area contributed by atoms with Crippen molar-refractivity contribution in [1.82, 2.24) is 0 Å². The lowest BCUT2D eigenvalue weighted by molar-refractivity contribution is 0.162. The van der Waals surface area contributed by atoms with Crippen molar-refractivity contribution in [2.45, 2.75) is 58.5 Å². The van der Waals surface area contributed by atoms with Crippen LogP contribution in [0, 0.1) is 0 Å².